The van der Waals surface area contributed by atoms with Gasteiger partial charge < -0.3 is 20.1 Å². The second-order valence-corrected chi connectivity index (χ2v) is 18.3. The molecule has 2 aliphatic carbocycles. The number of ether oxygens (including phenoxy) is 1. The maximum absolute atomic E-state index is 14.8. The number of carbonyl (C=O) groups excluding carboxylic acids is 3. The van der Waals surface area contributed by atoms with Crippen molar-refractivity contribution in [2.75, 3.05) is 6.54 Å². The SMILES string of the molecule is CC(C)N(C(=O)O)[C@H]1CCCCC/C=C\[C@@H]2C[C@@]2(C(=O)NS(=O)(=O)C2(C)CC2)NC(=O)[C@@H]2C[C@]3(CCc4c(c(C(F)F)nc5ccccc45)O3)CN2C1=O. The van der Waals surface area contributed by atoms with Crippen LogP contribution in [0.4, 0.5) is 13.6 Å². The van der Waals surface area contributed by atoms with Crippen molar-refractivity contribution >= 4 is 44.7 Å². The number of hydrogen-bond donors (Lipinski definition) is 3. The number of sulfonamides is 1. The monoisotopic (exact) mass is 771 g/mol. The minimum atomic E-state index is -4.05. The van der Waals surface area contributed by atoms with E-state index in [4.69, 9.17) is 4.74 Å². The van der Waals surface area contributed by atoms with Crippen LogP contribution >= 0.6 is 0 Å². The highest BCUT2D eigenvalue weighted by atomic mass is 32.2. The predicted octanol–water partition coefficient (Wildman–Crippen LogP) is 4.99. The summed E-state index contributed by atoms with van der Waals surface area (Å²) < 4.78 is 63.1. The minimum Gasteiger partial charge on any atom is -0.483 e. The lowest BCUT2D eigenvalue weighted by Gasteiger charge is -2.38. The number of carbonyl (C=O) groups is 4. The van der Waals surface area contributed by atoms with Crippen LogP contribution in [-0.2, 0) is 30.8 Å². The van der Waals surface area contributed by atoms with Crippen molar-refractivity contribution in [3.05, 3.63) is 47.7 Å². The number of para-hydroxylation sites is 1. The Balaban J connectivity index is 1.28. The summed E-state index contributed by atoms with van der Waals surface area (Å²) in [5.74, 6) is -2.87. The van der Waals surface area contributed by atoms with Gasteiger partial charge in [-0.25, -0.2) is 27.0 Å². The minimum absolute atomic E-state index is 0.0986. The Kier molecular flexibility index (Phi) is 9.66. The van der Waals surface area contributed by atoms with Gasteiger partial charge in [-0.05, 0) is 78.2 Å². The van der Waals surface area contributed by atoms with Crippen LogP contribution in [0.2, 0.25) is 0 Å². The molecule has 4 amide bonds. The van der Waals surface area contributed by atoms with E-state index in [1.165, 1.54) is 4.90 Å². The third-order valence-corrected chi connectivity index (χ3v) is 14.2. The molecule has 2 aromatic rings. The number of carboxylic acid groups (broad SMARTS) is 1. The normalized spacial score (nSPS) is 30.0. The summed E-state index contributed by atoms with van der Waals surface area (Å²) in [5, 5.41) is 13.8. The molecule has 7 rings (SSSR count). The van der Waals surface area contributed by atoms with E-state index in [0.717, 1.165) is 11.3 Å². The molecule has 1 aromatic carbocycles. The number of amides is 4. The molecular weight excluding hydrogens is 725 g/mol. The van der Waals surface area contributed by atoms with Gasteiger partial charge in [0.05, 0.1) is 16.8 Å². The Labute approximate surface area is 312 Å². The molecule has 2 saturated carbocycles. The zero-order valence-electron chi connectivity index (χ0n) is 30.6. The average molecular weight is 772 g/mol. The molecule has 1 aromatic heterocycles. The van der Waals surface area contributed by atoms with E-state index < -0.39 is 85.9 Å². The second kappa shape index (κ2) is 13.7. The van der Waals surface area contributed by atoms with Gasteiger partial charge in [0.25, 0.3) is 12.3 Å². The lowest BCUT2D eigenvalue weighted by atomic mass is 9.87. The summed E-state index contributed by atoms with van der Waals surface area (Å²) in [7, 11) is -4.05. The Morgan fingerprint density at radius 3 is 2.54 bits per heavy atom. The van der Waals surface area contributed by atoms with E-state index in [1.54, 1.807) is 45.0 Å². The van der Waals surface area contributed by atoms with E-state index in [9.17, 15) is 41.5 Å². The summed E-state index contributed by atoms with van der Waals surface area (Å²) >= 11 is 0. The van der Waals surface area contributed by atoms with Crippen LogP contribution in [0, 0.1) is 5.92 Å². The number of hydrogen-bond acceptors (Lipinski definition) is 8. The summed E-state index contributed by atoms with van der Waals surface area (Å²) in [6.07, 6.45) is 3.44. The van der Waals surface area contributed by atoms with Gasteiger partial charge in [0.2, 0.25) is 21.8 Å². The Morgan fingerprint density at radius 1 is 1.11 bits per heavy atom. The molecule has 5 aliphatic rings. The summed E-state index contributed by atoms with van der Waals surface area (Å²) in [6, 6.07) is 3.85. The highest BCUT2D eigenvalue weighted by Gasteiger charge is 2.64. The van der Waals surface area contributed by atoms with Gasteiger partial charge >= 0.3 is 6.09 Å². The average Bonchev–Trinajstić information content (AvgIpc) is 4.00. The van der Waals surface area contributed by atoms with Crippen molar-refractivity contribution in [3.63, 3.8) is 0 Å². The molecular formula is C38H47F2N5O8S. The number of alkyl halides is 2. The zero-order chi connectivity index (χ0) is 38.8. The lowest BCUT2D eigenvalue weighted by molar-refractivity contribution is -0.144. The number of halogens is 2. The summed E-state index contributed by atoms with van der Waals surface area (Å²) in [5.41, 5.74) is -2.56. The van der Waals surface area contributed by atoms with Crippen LogP contribution in [0.1, 0.15) is 103 Å². The van der Waals surface area contributed by atoms with Gasteiger partial charge in [-0.2, -0.15) is 0 Å². The first-order valence-electron chi connectivity index (χ1n) is 18.8. The molecule has 1 saturated heterocycles. The van der Waals surface area contributed by atoms with Gasteiger partial charge in [-0.15, -0.1) is 0 Å². The number of aryl methyl sites for hydroxylation is 1. The number of allylic oxidation sites excluding steroid dienone is 1. The summed E-state index contributed by atoms with van der Waals surface area (Å²) in [4.78, 5) is 62.5. The molecule has 13 nitrogen and oxygen atoms in total. The van der Waals surface area contributed by atoms with E-state index in [0.29, 0.717) is 48.6 Å². The fourth-order valence-electron chi connectivity index (χ4n) is 8.47. The Hall–Kier alpha value is -4.34. The van der Waals surface area contributed by atoms with E-state index in [-0.39, 0.29) is 44.4 Å². The smallest absolute Gasteiger partial charge is 0.408 e. The highest BCUT2D eigenvalue weighted by Crippen LogP contribution is 2.49. The molecule has 54 heavy (non-hydrogen) atoms. The van der Waals surface area contributed by atoms with Gasteiger partial charge in [-0.3, -0.25) is 24.0 Å². The van der Waals surface area contributed by atoms with Crippen molar-refractivity contribution in [2.45, 2.75) is 132 Å². The second-order valence-electron chi connectivity index (χ2n) is 16.1. The molecule has 0 radical (unpaired) electrons. The van der Waals surface area contributed by atoms with E-state index in [2.05, 4.69) is 15.0 Å². The summed E-state index contributed by atoms with van der Waals surface area (Å²) in [6.45, 7) is 4.66. The van der Waals surface area contributed by atoms with Gasteiger partial charge in [-0.1, -0.05) is 43.2 Å². The molecule has 0 bridgehead atoms. The number of nitrogens with one attached hydrogen (secondary N) is 2. The third kappa shape index (κ3) is 6.68. The molecule has 3 fully saturated rings. The Morgan fingerprint density at radius 2 is 1.85 bits per heavy atom. The first-order valence-corrected chi connectivity index (χ1v) is 20.3. The standard InChI is InChI=1S/C38H47F2N5O8S/c1-22(2)45(35(49)50)27-14-8-6-4-5-7-11-23-19-38(23,34(48)43-54(51,52)36(3)17-18-36)42-32(46)28-20-37(21-44(28)33(27)47)16-15-25-24-12-9-10-13-26(24)41-29(31(39)40)30(25)53-37/h7,9-13,22-23,27-28,31H,4-6,8,14-21H2,1-3H3,(H,42,46)(H,43,48)(H,49,50)/b11-7-/t23-,27+,28+,37-,38-/m1/s1. The van der Waals surface area contributed by atoms with Crippen LogP contribution in [0.15, 0.2) is 36.4 Å². The molecule has 292 valence electrons. The fourth-order valence-corrected chi connectivity index (χ4v) is 9.78. The van der Waals surface area contributed by atoms with Crippen LogP contribution in [0.3, 0.4) is 0 Å². The molecule has 16 heteroatoms. The first kappa shape index (κ1) is 38.0. The number of fused-ring (bicyclic) bond motifs is 5. The topological polar surface area (TPSA) is 175 Å². The van der Waals surface area contributed by atoms with Crippen molar-refractivity contribution in [3.8, 4) is 5.75 Å². The van der Waals surface area contributed by atoms with Crippen LogP contribution in [0.25, 0.3) is 10.9 Å². The maximum atomic E-state index is 14.8. The molecule has 4 heterocycles. The third-order valence-electron chi connectivity index (χ3n) is 12.0. The maximum Gasteiger partial charge on any atom is 0.408 e. The molecule has 3 N–H and O–H groups in total. The zero-order valence-corrected chi connectivity index (χ0v) is 31.5. The number of benzene rings is 1. The largest absolute Gasteiger partial charge is 0.483 e. The fraction of sp³-hybridized carbons (Fsp3) is 0.605. The number of nitrogens with zero attached hydrogens (tertiary/aromatic N) is 3. The van der Waals surface area contributed by atoms with E-state index >= 15 is 0 Å². The molecule has 1 spiro atoms. The van der Waals surface area contributed by atoms with Crippen molar-refractivity contribution in [1.29, 1.82) is 0 Å². The molecule has 5 atom stereocenters. The predicted molar refractivity (Wildman–Crippen MR) is 193 cm³/mol. The van der Waals surface area contributed by atoms with Crippen LogP contribution in [0.5, 0.6) is 5.75 Å². The number of aromatic nitrogens is 1. The van der Waals surface area contributed by atoms with Crippen molar-refractivity contribution in [2.24, 2.45) is 5.92 Å². The van der Waals surface area contributed by atoms with E-state index in [1.807, 2.05) is 12.2 Å². The van der Waals surface area contributed by atoms with Crippen molar-refractivity contribution in [1.82, 2.24) is 24.8 Å². The van der Waals surface area contributed by atoms with Gasteiger partial charge in [0, 0.05) is 29.3 Å². The number of rotatable bonds is 6. The van der Waals surface area contributed by atoms with Crippen LogP contribution < -0.4 is 14.8 Å². The highest BCUT2D eigenvalue weighted by molar-refractivity contribution is 7.91. The van der Waals surface area contributed by atoms with Crippen molar-refractivity contribution < 1.29 is 46.2 Å². The molecule has 3 aliphatic heterocycles. The lowest BCUT2D eigenvalue weighted by Crippen LogP contribution is -2.59. The quantitative estimate of drug-likeness (QED) is 0.342. The van der Waals surface area contributed by atoms with Crippen LogP contribution in [-0.4, -0.2) is 92.7 Å². The van der Waals surface area contributed by atoms with Gasteiger partial charge in [0.15, 0.2) is 5.75 Å². The number of pyridine rings is 1. The Bertz CT molecular complexity index is 2020. The van der Waals surface area contributed by atoms with Gasteiger partial charge in [0.1, 0.15) is 28.9 Å². The molecule has 0 unspecified atom stereocenters. The first-order chi connectivity index (χ1) is 25.5.